The van der Waals surface area contributed by atoms with Crippen LogP contribution in [0.15, 0.2) is 23.7 Å². The summed E-state index contributed by atoms with van der Waals surface area (Å²) in [4.78, 5) is 16.7. The molecule has 0 saturated carbocycles. The lowest BCUT2D eigenvalue weighted by molar-refractivity contribution is -0.143. The number of hydrogen-bond donors (Lipinski definition) is 1. The third-order valence-corrected chi connectivity index (χ3v) is 5.13. The van der Waals surface area contributed by atoms with E-state index in [1.807, 2.05) is 12.3 Å². The first-order valence-electron chi connectivity index (χ1n) is 9.02. The minimum absolute atomic E-state index is 0.144. The summed E-state index contributed by atoms with van der Waals surface area (Å²) in [5.74, 6) is -0.883. The number of aryl methyl sites for hydroxylation is 2. The van der Waals surface area contributed by atoms with Crippen molar-refractivity contribution in [1.29, 1.82) is 0 Å². The third-order valence-electron chi connectivity index (χ3n) is 4.10. The van der Waals surface area contributed by atoms with Gasteiger partial charge in [0, 0.05) is 23.7 Å². The normalized spacial score (nSPS) is 11.5. The van der Waals surface area contributed by atoms with Crippen LogP contribution in [0.2, 0.25) is 0 Å². The minimum atomic E-state index is -4.81. The monoisotopic (exact) mass is 440 g/mol. The minimum Gasteiger partial charge on any atom is -0.480 e. The number of nitrogens with one attached hydrogen (secondary N) is 1. The highest BCUT2D eigenvalue weighted by Crippen LogP contribution is 2.33. The van der Waals surface area contributed by atoms with Gasteiger partial charge in [0.15, 0.2) is 11.5 Å². The molecule has 30 heavy (non-hydrogen) atoms. The highest BCUT2D eigenvalue weighted by Gasteiger charge is 2.40. The van der Waals surface area contributed by atoms with Crippen LogP contribution in [0.3, 0.4) is 0 Å². The molecule has 0 aliphatic heterocycles. The summed E-state index contributed by atoms with van der Waals surface area (Å²) in [7, 11) is 1.36. The maximum absolute atomic E-state index is 13.6. The Balaban J connectivity index is 1.66. The summed E-state index contributed by atoms with van der Waals surface area (Å²) in [6, 6.07) is 2.63. The first-order valence-corrected chi connectivity index (χ1v) is 9.90. The molecule has 160 valence electrons. The lowest BCUT2D eigenvalue weighted by Crippen LogP contribution is -2.27. The van der Waals surface area contributed by atoms with Gasteiger partial charge >= 0.3 is 6.18 Å². The number of methoxy groups -OCH3 is 1. The summed E-state index contributed by atoms with van der Waals surface area (Å²) < 4.78 is 46.3. The quantitative estimate of drug-likeness (QED) is 0.541. The van der Waals surface area contributed by atoms with Crippen molar-refractivity contribution in [1.82, 2.24) is 30.3 Å². The van der Waals surface area contributed by atoms with E-state index in [1.54, 1.807) is 11.3 Å². The number of rotatable bonds is 8. The lowest BCUT2D eigenvalue weighted by Gasteiger charge is -2.12. The van der Waals surface area contributed by atoms with E-state index in [1.165, 1.54) is 19.2 Å². The fraction of sp³-hybridized carbons (Fsp3) is 0.389. The van der Waals surface area contributed by atoms with Gasteiger partial charge in [-0.05, 0) is 32.3 Å². The van der Waals surface area contributed by atoms with Gasteiger partial charge in [-0.2, -0.15) is 18.3 Å². The molecular formula is C18H19F3N6O2S. The average Bonchev–Trinajstić information content (AvgIpc) is 3.34. The molecule has 12 heteroatoms. The predicted octanol–water partition coefficient (Wildman–Crippen LogP) is 3.21. The fourth-order valence-corrected chi connectivity index (χ4v) is 3.53. The van der Waals surface area contributed by atoms with Gasteiger partial charge in [0.1, 0.15) is 0 Å². The molecule has 3 heterocycles. The Morgan fingerprint density at radius 1 is 1.27 bits per heavy atom. The Hall–Kier alpha value is -3.02. The van der Waals surface area contributed by atoms with Gasteiger partial charge < -0.3 is 10.1 Å². The van der Waals surface area contributed by atoms with Crippen LogP contribution in [0, 0.1) is 6.92 Å². The fourth-order valence-electron chi connectivity index (χ4n) is 2.71. The van der Waals surface area contributed by atoms with Crippen LogP contribution in [0.4, 0.5) is 13.2 Å². The maximum atomic E-state index is 13.6. The molecule has 0 radical (unpaired) electrons. The van der Waals surface area contributed by atoms with Gasteiger partial charge in [-0.3, -0.25) is 4.79 Å². The van der Waals surface area contributed by atoms with Crippen LogP contribution in [-0.2, 0) is 12.6 Å². The molecule has 1 amide bonds. The molecule has 1 N–H and O–H groups in total. The number of ether oxygens (including phenoxy) is 1. The molecule has 0 aliphatic carbocycles. The largest absolute Gasteiger partial charge is 0.480 e. The molecule has 0 saturated heterocycles. The molecule has 0 atom stereocenters. The number of unbranched alkanes of at least 4 members (excludes halogenated alkanes) is 1. The van der Waals surface area contributed by atoms with Crippen LogP contribution in [-0.4, -0.2) is 44.5 Å². The molecule has 3 rings (SSSR count). The zero-order valence-corrected chi connectivity index (χ0v) is 17.0. The Morgan fingerprint density at radius 3 is 2.67 bits per heavy atom. The molecule has 0 aromatic carbocycles. The number of hydrogen-bond acceptors (Lipinski definition) is 7. The van der Waals surface area contributed by atoms with E-state index in [-0.39, 0.29) is 18.2 Å². The standard InChI is InChI=1S/C18H19F3N6O2S/c1-11-10-30-15(24-11)5-3-4-8-22-17(28)12-9-23-27(16(12)18(19,20)21)13-6-7-14(29-2)26-25-13/h6-7,9-10H,3-5,8H2,1-2H3,(H,22,28). The highest BCUT2D eigenvalue weighted by molar-refractivity contribution is 7.09. The number of halogens is 3. The number of thiazole rings is 1. The van der Waals surface area contributed by atoms with E-state index in [0.29, 0.717) is 11.1 Å². The van der Waals surface area contributed by atoms with Crippen molar-refractivity contribution in [3.63, 3.8) is 0 Å². The zero-order chi connectivity index (χ0) is 21.7. The highest BCUT2D eigenvalue weighted by atomic mass is 32.1. The smallest absolute Gasteiger partial charge is 0.434 e. The molecule has 0 spiro atoms. The number of amides is 1. The molecule has 0 fully saturated rings. The number of aromatic nitrogens is 5. The van der Waals surface area contributed by atoms with Crippen molar-refractivity contribution >= 4 is 17.2 Å². The van der Waals surface area contributed by atoms with Crippen molar-refractivity contribution in [2.75, 3.05) is 13.7 Å². The number of nitrogens with zero attached hydrogens (tertiary/aromatic N) is 5. The lowest BCUT2D eigenvalue weighted by atomic mass is 10.2. The average molecular weight is 440 g/mol. The molecule has 8 nitrogen and oxygen atoms in total. The Bertz CT molecular complexity index is 1000. The topological polar surface area (TPSA) is 94.8 Å². The van der Waals surface area contributed by atoms with Crippen LogP contribution >= 0.6 is 11.3 Å². The second kappa shape index (κ2) is 9.20. The van der Waals surface area contributed by atoms with Crippen LogP contribution in [0.1, 0.15) is 39.6 Å². The summed E-state index contributed by atoms with van der Waals surface area (Å²) in [5, 5.41) is 16.5. The van der Waals surface area contributed by atoms with Gasteiger partial charge in [-0.25, -0.2) is 9.67 Å². The van der Waals surface area contributed by atoms with Crippen LogP contribution in [0.5, 0.6) is 5.88 Å². The first-order chi connectivity index (χ1) is 14.3. The number of alkyl halides is 3. The van der Waals surface area contributed by atoms with Gasteiger partial charge in [0.25, 0.3) is 5.91 Å². The summed E-state index contributed by atoms with van der Waals surface area (Å²) >= 11 is 1.56. The second-order valence-electron chi connectivity index (χ2n) is 6.35. The van der Waals surface area contributed by atoms with Crippen molar-refractivity contribution in [3.05, 3.63) is 45.7 Å². The third kappa shape index (κ3) is 5.12. The second-order valence-corrected chi connectivity index (χ2v) is 7.29. The summed E-state index contributed by atoms with van der Waals surface area (Å²) in [5.41, 5.74) is -0.824. The molecule has 0 aliphatic rings. The molecule has 3 aromatic heterocycles. The Kier molecular flexibility index (Phi) is 6.65. The first kappa shape index (κ1) is 21.7. The Labute approximate surface area is 174 Å². The molecular weight excluding hydrogens is 421 g/mol. The number of carbonyl (C=O) groups excluding carboxylic acids is 1. The molecule has 0 unspecified atom stereocenters. The van der Waals surface area contributed by atoms with Crippen molar-refractivity contribution in [2.45, 2.75) is 32.4 Å². The van der Waals surface area contributed by atoms with Crippen LogP contribution in [0.25, 0.3) is 5.82 Å². The van der Waals surface area contributed by atoms with Crippen molar-refractivity contribution in [2.24, 2.45) is 0 Å². The van der Waals surface area contributed by atoms with E-state index in [9.17, 15) is 18.0 Å². The summed E-state index contributed by atoms with van der Waals surface area (Å²) in [6.45, 7) is 2.16. The van der Waals surface area contributed by atoms with Crippen molar-refractivity contribution < 1.29 is 22.7 Å². The summed E-state index contributed by atoms with van der Waals surface area (Å²) in [6.07, 6.45) is -1.80. The number of carbonyl (C=O) groups is 1. The van der Waals surface area contributed by atoms with E-state index >= 15 is 0 Å². The molecule has 0 bridgehead atoms. The maximum Gasteiger partial charge on any atom is 0.434 e. The van der Waals surface area contributed by atoms with E-state index < -0.39 is 23.3 Å². The SMILES string of the molecule is COc1ccc(-n2ncc(C(=O)NCCCCc3nc(C)cs3)c2C(F)(F)F)nn1. The van der Waals surface area contributed by atoms with Gasteiger partial charge in [-0.15, -0.1) is 21.5 Å². The van der Waals surface area contributed by atoms with Gasteiger partial charge in [-0.1, -0.05) is 0 Å². The predicted molar refractivity (Wildman–Crippen MR) is 103 cm³/mol. The zero-order valence-electron chi connectivity index (χ0n) is 16.2. The Morgan fingerprint density at radius 2 is 2.07 bits per heavy atom. The van der Waals surface area contributed by atoms with Gasteiger partial charge in [0.05, 0.1) is 23.9 Å². The van der Waals surface area contributed by atoms with E-state index in [4.69, 9.17) is 4.74 Å². The van der Waals surface area contributed by atoms with E-state index in [0.717, 1.165) is 29.7 Å². The van der Waals surface area contributed by atoms with Gasteiger partial charge in [0.2, 0.25) is 5.88 Å². The molecule has 3 aromatic rings. The van der Waals surface area contributed by atoms with Crippen molar-refractivity contribution in [3.8, 4) is 11.7 Å². The van der Waals surface area contributed by atoms with E-state index in [2.05, 4.69) is 25.6 Å². The van der Waals surface area contributed by atoms with Crippen LogP contribution < -0.4 is 10.1 Å².